The van der Waals surface area contributed by atoms with Crippen LogP contribution in [-0.2, 0) is 0 Å². The average molecular weight is 290 g/mol. The van der Waals surface area contributed by atoms with Crippen molar-refractivity contribution in [1.82, 2.24) is 9.80 Å². The Hall–Kier alpha value is -1.18. The first-order valence-electron chi connectivity index (χ1n) is 8.51. The van der Waals surface area contributed by atoms with Gasteiger partial charge in [-0.2, -0.15) is 0 Å². The maximum absolute atomic E-state index is 3.96. The van der Waals surface area contributed by atoms with E-state index in [0.717, 1.165) is 45.2 Å². The Morgan fingerprint density at radius 1 is 0.810 bits per heavy atom. The van der Waals surface area contributed by atoms with Gasteiger partial charge < -0.3 is 9.80 Å². The van der Waals surface area contributed by atoms with Crippen molar-refractivity contribution >= 4 is 0 Å². The highest BCUT2D eigenvalue weighted by atomic mass is 15.4. The predicted molar refractivity (Wildman–Crippen MR) is 93.9 cm³/mol. The Morgan fingerprint density at radius 2 is 1.14 bits per heavy atom. The van der Waals surface area contributed by atoms with E-state index in [4.69, 9.17) is 0 Å². The van der Waals surface area contributed by atoms with Crippen LogP contribution in [0.25, 0.3) is 0 Å². The van der Waals surface area contributed by atoms with Gasteiger partial charge >= 0.3 is 0 Å². The summed E-state index contributed by atoms with van der Waals surface area (Å²) in [5, 5.41) is 0. The maximum Gasteiger partial charge on any atom is 0.0904 e. The lowest BCUT2D eigenvalue weighted by molar-refractivity contribution is 0.0521. The zero-order valence-corrected chi connectivity index (χ0v) is 14.6. The Bertz CT molecular complexity index is 328. The summed E-state index contributed by atoms with van der Waals surface area (Å²) >= 11 is 0. The largest absolute Gasteiger partial charge is 0.353 e. The highest BCUT2D eigenvalue weighted by molar-refractivity contribution is 5.08. The maximum atomic E-state index is 3.96. The fraction of sp³-hybridized carbons (Fsp3) is 0.684. The van der Waals surface area contributed by atoms with E-state index in [1.807, 2.05) is 0 Å². The third kappa shape index (κ3) is 3.36. The number of nitrogens with zero attached hydrogens (tertiary/aromatic N) is 2. The first-order chi connectivity index (χ1) is 10.1. The van der Waals surface area contributed by atoms with Crippen molar-refractivity contribution in [3.63, 3.8) is 0 Å². The minimum Gasteiger partial charge on any atom is -0.353 e. The van der Waals surface area contributed by atoms with Crippen molar-refractivity contribution in [2.24, 2.45) is 0 Å². The molecule has 1 rings (SSSR count). The van der Waals surface area contributed by atoms with E-state index in [1.54, 1.807) is 0 Å². The lowest BCUT2D eigenvalue weighted by Gasteiger charge is -2.45. The van der Waals surface area contributed by atoms with Crippen LogP contribution in [0.2, 0.25) is 0 Å². The molecule has 0 bridgehead atoms. The van der Waals surface area contributed by atoms with E-state index in [-0.39, 0.29) is 11.1 Å². The Kier molecular flexibility index (Phi) is 6.57. The van der Waals surface area contributed by atoms with E-state index in [1.165, 1.54) is 0 Å². The minimum atomic E-state index is 0.217. The van der Waals surface area contributed by atoms with Gasteiger partial charge in [0, 0.05) is 23.5 Å². The van der Waals surface area contributed by atoms with E-state index >= 15 is 0 Å². The molecule has 0 aromatic heterocycles. The first kappa shape index (κ1) is 17.9. The lowest BCUT2D eigenvalue weighted by Crippen LogP contribution is -2.51. The van der Waals surface area contributed by atoms with E-state index in [9.17, 15) is 0 Å². The molecule has 0 aromatic carbocycles. The molecule has 0 unspecified atom stereocenters. The fourth-order valence-electron chi connectivity index (χ4n) is 3.70. The first-order valence-corrected chi connectivity index (χ1v) is 8.51. The zero-order valence-electron chi connectivity index (χ0n) is 14.6. The summed E-state index contributed by atoms with van der Waals surface area (Å²) < 4.78 is 0. The number of rotatable bonds is 10. The molecule has 0 spiro atoms. The molecule has 0 amide bonds. The van der Waals surface area contributed by atoms with Gasteiger partial charge in [0.15, 0.2) is 0 Å². The van der Waals surface area contributed by atoms with Crippen molar-refractivity contribution in [2.45, 2.75) is 77.3 Å². The molecule has 1 aliphatic rings. The van der Waals surface area contributed by atoms with Gasteiger partial charge in [-0.25, -0.2) is 0 Å². The van der Waals surface area contributed by atoms with Crippen molar-refractivity contribution in [3.8, 4) is 0 Å². The zero-order chi connectivity index (χ0) is 15.9. The van der Waals surface area contributed by atoms with Gasteiger partial charge in [0.05, 0.1) is 6.67 Å². The summed E-state index contributed by atoms with van der Waals surface area (Å²) in [5.74, 6) is 0. The van der Waals surface area contributed by atoms with Crippen LogP contribution < -0.4 is 0 Å². The molecule has 21 heavy (non-hydrogen) atoms. The van der Waals surface area contributed by atoms with Crippen LogP contribution in [0.4, 0.5) is 0 Å². The van der Waals surface area contributed by atoms with Gasteiger partial charge in [-0.05, 0) is 38.5 Å². The summed E-state index contributed by atoms with van der Waals surface area (Å²) in [6.45, 7) is 18.1. The molecule has 0 saturated carbocycles. The van der Waals surface area contributed by atoms with E-state index in [2.05, 4.69) is 75.2 Å². The van der Waals surface area contributed by atoms with Crippen LogP contribution in [-0.4, -0.2) is 27.5 Å². The van der Waals surface area contributed by atoms with E-state index in [0.29, 0.717) is 0 Å². The molecule has 0 radical (unpaired) electrons. The smallest absolute Gasteiger partial charge is 0.0904 e. The fourth-order valence-corrected chi connectivity index (χ4v) is 3.70. The molecule has 0 atom stereocenters. The Morgan fingerprint density at radius 3 is 1.38 bits per heavy atom. The van der Waals surface area contributed by atoms with Crippen molar-refractivity contribution in [3.05, 3.63) is 37.7 Å². The van der Waals surface area contributed by atoms with Crippen LogP contribution in [0.1, 0.15) is 66.2 Å². The standard InChI is InChI=1S/C19H34N2/c1-7-13-18(9-3,10-4)20-15-16-21(17-20)19(11-5,12-6)14-8-2/h7-8,15-16H,1-2,9-14,17H2,3-6H3. The third-order valence-corrected chi connectivity index (χ3v) is 5.63. The van der Waals surface area contributed by atoms with Gasteiger partial charge in [0.1, 0.15) is 0 Å². The molecule has 0 aromatic rings. The van der Waals surface area contributed by atoms with Gasteiger partial charge in [-0.3, -0.25) is 0 Å². The number of hydrogen-bond acceptors (Lipinski definition) is 2. The van der Waals surface area contributed by atoms with Crippen molar-refractivity contribution in [2.75, 3.05) is 6.67 Å². The topological polar surface area (TPSA) is 6.48 Å². The SMILES string of the molecule is C=CCC(CC)(CC)N1C=CN(C(CC)(CC)CC=C)C1. The molecule has 2 heteroatoms. The summed E-state index contributed by atoms with van der Waals surface area (Å²) in [5.41, 5.74) is 0.433. The minimum absolute atomic E-state index is 0.217. The molecule has 0 N–H and O–H groups in total. The molecule has 0 aliphatic carbocycles. The van der Waals surface area contributed by atoms with Gasteiger partial charge in [0.2, 0.25) is 0 Å². The van der Waals surface area contributed by atoms with Crippen LogP contribution in [0, 0.1) is 0 Å². The number of hydrogen-bond donors (Lipinski definition) is 0. The highest BCUT2D eigenvalue weighted by Gasteiger charge is 2.38. The molecule has 1 aliphatic heterocycles. The summed E-state index contributed by atoms with van der Waals surface area (Å²) in [7, 11) is 0. The second kappa shape index (κ2) is 7.72. The second-order valence-corrected chi connectivity index (χ2v) is 6.23. The van der Waals surface area contributed by atoms with Gasteiger partial charge in [0.25, 0.3) is 0 Å². The second-order valence-electron chi connectivity index (χ2n) is 6.23. The van der Waals surface area contributed by atoms with Gasteiger partial charge in [-0.15, -0.1) is 13.2 Å². The Labute approximate surface area is 132 Å². The predicted octanol–water partition coefficient (Wildman–Crippen LogP) is 5.30. The summed E-state index contributed by atoms with van der Waals surface area (Å²) in [6, 6.07) is 0. The van der Waals surface area contributed by atoms with E-state index < -0.39 is 0 Å². The van der Waals surface area contributed by atoms with Crippen LogP contribution in [0.3, 0.4) is 0 Å². The van der Waals surface area contributed by atoms with Crippen molar-refractivity contribution < 1.29 is 0 Å². The highest BCUT2D eigenvalue weighted by Crippen LogP contribution is 2.36. The monoisotopic (exact) mass is 290 g/mol. The molecule has 2 nitrogen and oxygen atoms in total. The Balaban J connectivity index is 2.94. The third-order valence-electron chi connectivity index (χ3n) is 5.63. The van der Waals surface area contributed by atoms with Crippen LogP contribution in [0.5, 0.6) is 0 Å². The average Bonchev–Trinajstić information content (AvgIpc) is 3.01. The molecule has 0 saturated heterocycles. The summed E-state index contributed by atoms with van der Waals surface area (Å²) in [4.78, 5) is 5.05. The molecule has 120 valence electrons. The molecule has 0 fully saturated rings. The summed E-state index contributed by atoms with van der Waals surface area (Å²) in [6.07, 6.45) is 15.4. The molecule has 1 heterocycles. The quantitative estimate of drug-likeness (QED) is 0.504. The molecular weight excluding hydrogens is 256 g/mol. The van der Waals surface area contributed by atoms with Crippen LogP contribution >= 0.6 is 0 Å². The lowest BCUT2D eigenvalue weighted by atomic mass is 9.86. The van der Waals surface area contributed by atoms with Crippen molar-refractivity contribution in [1.29, 1.82) is 0 Å². The van der Waals surface area contributed by atoms with Crippen LogP contribution in [0.15, 0.2) is 37.7 Å². The van der Waals surface area contributed by atoms with Gasteiger partial charge in [-0.1, -0.05) is 39.8 Å². The normalized spacial score (nSPS) is 15.6. The molecular formula is C19H34N2.